The molecule has 1 rings (SSSR count). The lowest BCUT2D eigenvalue weighted by atomic mass is 10.2. The maximum absolute atomic E-state index is 11.7. The summed E-state index contributed by atoms with van der Waals surface area (Å²) in [6, 6.07) is 5.34. The summed E-state index contributed by atoms with van der Waals surface area (Å²) in [5.41, 5.74) is 6.20. The van der Waals surface area contributed by atoms with Gasteiger partial charge in [0, 0.05) is 6.54 Å². The number of nitrogens with one attached hydrogen (secondary N) is 2. The van der Waals surface area contributed by atoms with Crippen LogP contribution in [0, 0.1) is 11.3 Å². The molecule has 8 heteroatoms. The molecule has 0 saturated carbocycles. The number of rotatable bonds is 5. The molecule has 1 amide bonds. The molecule has 0 aromatic heterocycles. The summed E-state index contributed by atoms with van der Waals surface area (Å²) in [6.45, 7) is 4.91. The van der Waals surface area contributed by atoms with E-state index < -0.39 is 23.7 Å². The molecule has 1 atom stereocenters. The van der Waals surface area contributed by atoms with Gasteiger partial charge >= 0.3 is 12.1 Å². The van der Waals surface area contributed by atoms with E-state index in [1.807, 2.05) is 6.07 Å². The molecule has 0 bridgehead atoms. The average Bonchev–Trinajstić information content (AvgIpc) is 2.42. The Bertz CT molecular complexity index is 631. The number of amides is 1. The number of carboxylic acid groups (broad SMARTS) is 1. The molecular weight excluding hydrogens is 300 g/mol. The number of benzene rings is 1. The van der Waals surface area contributed by atoms with Crippen LogP contribution in [0.4, 0.5) is 16.2 Å². The Morgan fingerprint density at radius 1 is 1.43 bits per heavy atom. The number of nitriles is 1. The lowest BCUT2D eigenvalue weighted by Gasteiger charge is -2.22. The van der Waals surface area contributed by atoms with E-state index in [1.165, 1.54) is 12.1 Å². The van der Waals surface area contributed by atoms with Crippen molar-refractivity contribution in [2.45, 2.75) is 32.4 Å². The molecular formula is C15H20N4O4. The number of nitrogen functional groups attached to an aromatic ring is 1. The minimum atomic E-state index is -1.22. The smallest absolute Gasteiger partial charge is 0.408 e. The summed E-state index contributed by atoms with van der Waals surface area (Å²) >= 11 is 0. The van der Waals surface area contributed by atoms with Gasteiger partial charge < -0.3 is 26.2 Å². The number of carbonyl (C=O) groups is 2. The number of ether oxygens (including phenoxy) is 1. The third-order valence-corrected chi connectivity index (χ3v) is 2.67. The second kappa shape index (κ2) is 7.35. The molecule has 23 heavy (non-hydrogen) atoms. The number of hydrogen-bond acceptors (Lipinski definition) is 6. The van der Waals surface area contributed by atoms with Gasteiger partial charge in [-0.1, -0.05) is 0 Å². The van der Waals surface area contributed by atoms with E-state index in [0.29, 0.717) is 16.9 Å². The highest BCUT2D eigenvalue weighted by Crippen LogP contribution is 2.19. The number of nitrogens with two attached hydrogens (primary N) is 1. The number of carboxylic acids is 1. The molecule has 0 heterocycles. The van der Waals surface area contributed by atoms with Gasteiger partial charge in [0.25, 0.3) is 0 Å². The standard InChI is InChI=1S/C15H20N4O4/c1-15(2,3)23-14(22)19-12(13(20)21)8-18-11-6-9(7-16)4-5-10(11)17/h4-6,12,18H,8,17H2,1-3H3,(H,19,22)(H,20,21)/t12-/m0/s1. The van der Waals surface area contributed by atoms with E-state index in [1.54, 1.807) is 26.8 Å². The number of aliphatic carboxylic acids is 1. The number of carbonyl (C=O) groups excluding carboxylic acids is 1. The molecule has 1 aromatic rings. The summed E-state index contributed by atoms with van der Waals surface area (Å²) in [5, 5.41) is 23.1. The highest BCUT2D eigenvalue weighted by atomic mass is 16.6. The molecule has 0 fully saturated rings. The molecule has 0 unspecified atom stereocenters. The first kappa shape index (κ1) is 18.1. The Kier molecular flexibility index (Phi) is 5.79. The van der Waals surface area contributed by atoms with Crippen LogP contribution in [0.2, 0.25) is 0 Å². The predicted molar refractivity (Wildman–Crippen MR) is 84.9 cm³/mol. The Labute approximate surface area is 134 Å². The van der Waals surface area contributed by atoms with Gasteiger partial charge in [0.05, 0.1) is 23.0 Å². The summed E-state index contributed by atoms with van der Waals surface area (Å²) in [4.78, 5) is 22.9. The van der Waals surface area contributed by atoms with Crippen LogP contribution >= 0.6 is 0 Å². The third-order valence-electron chi connectivity index (χ3n) is 2.67. The fraction of sp³-hybridized carbons (Fsp3) is 0.400. The van der Waals surface area contributed by atoms with Gasteiger partial charge in [0.2, 0.25) is 0 Å². The van der Waals surface area contributed by atoms with E-state index in [2.05, 4.69) is 10.6 Å². The molecule has 0 aliphatic heterocycles. The van der Waals surface area contributed by atoms with Crippen molar-refractivity contribution in [3.8, 4) is 6.07 Å². The van der Waals surface area contributed by atoms with E-state index in [4.69, 9.17) is 15.7 Å². The van der Waals surface area contributed by atoms with Crippen LogP contribution in [0.15, 0.2) is 18.2 Å². The van der Waals surface area contributed by atoms with Gasteiger partial charge in [0.15, 0.2) is 0 Å². The zero-order valence-corrected chi connectivity index (χ0v) is 13.2. The summed E-state index contributed by atoms with van der Waals surface area (Å²) in [6.07, 6.45) is -0.828. The van der Waals surface area contributed by atoms with E-state index in [-0.39, 0.29) is 6.54 Å². The zero-order valence-electron chi connectivity index (χ0n) is 13.2. The SMILES string of the molecule is CC(C)(C)OC(=O)N[C@@H](CNc1cc(C#N)ccc1N)C(=O)O. The molecule has 124 valence electrons. The zero-order chi connectivity index (χ0) is 17.6. The quantitative estimate of drug-likeness (QED) is 0.603. The molecule has 5 N–H and O–H groups in total. The van der Waals surface area contributed by atoms with Crippen LogP contribution in [0.1, 0.15) is 26.3 Å². The summed E-state index contributed by atoms with van der Waals surface area (Å²) < 4.78 is 5.02. The van der Waals surface area contributed by atoms with Crippen LogP contribution in [0.25, 0.3) is 0 Å². The van der Waals surface area contributed by atoms with E-state index in [0.717, 1.165) is 0 Å². The Morgan fingerprint density at radius 2 is 2.09 bits per heavy atom. The van der Waals surface area contributed by atoms with Crippen molar-refractivity contribution in [2.24, 2.45) is 0 Å². The van der Waals surface area contributed by atoms with Crippen LogP contribution < -0.4 is 16.4 Å². The largest absolute Gasteiger partial charge is 0.480 e. The molecule has 0 aliphatic carbocycles. The molecule has 0 radical (unpaired) electrons. The second-order valence-corrected chi connectivity index (χ2v) is 5.83. The predicted octanol–water partition coefficient (Wildman–Crippen LogP) is 1.53. The lowest BCUT2D eigenvalue weighted by Crippen LogP contribution is -2.47. The van der Waals surface area contributed by atoms with Crippen LogP contribution in [0.3, 0.4) is 0 Å². The first-order valence-corrected chi connectivity index (χ1v) is 6.88. The lowest BCUT2D eigenvalue weighted by molar-refractivity contribution is -0.139. The van der Waals surface area contributed by atoms with Gasteiger partial charge in [0.1, 0.15) is 11.6 Å². The van der Waals surface area contributed by atoms with Crippen molar-refractivity contribution in [1.29, 1.82) is 5.26 Å². The van der Waals surface area contributed by atoms with Gasteiger partial charge in [-0.15, -0.1) is 0 Å². The summed E-state index contributed by atoms with van der Waals surface area (Å²) in [5.74, 6) is -1.22. The Morgan fingerprint density at radius 3 is 2.61 bits per heavy atom. The molecule has 0 aliphatic rings. The van der Waals surface area contributed by atoms with Gasteiger partial charge in [-0.2, -0.15) is 5.26 Å². The van der Waals surface area contributed by atoms with Crippen molar-refractivity contribution < 1.29 is 19.4 Å². The Balaban J connectivity index is 2.73. The number of nitrogens with zero attached hydrogens (tertiary/aromatic N) is 1. The van der Waals surface area contributed by atoms with Crippen molar-refractivity contribution >= 4 is 23.4 Å². The van der Waals surface area contributed by atoms with Crippen molar-refractivity contribution in [3.05, 3.63) is 23.8 Å². The Hall–Kier alpha value is -2.95. The average molecular weight is 320 g/mol. The van der Waals surface area contributed by atoms with E-state index in [9.17, 15) is 14.7 Å². The van der Waals surface area contributed by atoms with Crippen molar-refractivity contribution in [1.82, 2.24) is 5.32 Å². The molecule has 0 spiro atoms. The topological polar surface area (TPSA) is 137 Å². The fourth-order valence-corrected chi connectivity index (χ4v) is 1.64. The van der Waals surface area contributed by atoms with E-state index >= 15 is 0 Å². The minimum Gasteiger partial charge on any atom is -0.480 e. The number of alkyl carbamates (subject to hydrolysis) is 1. The minimum absolute atomic E-state index is 0.117. The van der Waals surface area contributed by atoms with Gasteiger partial charge in [-0.3, -0.25) is 0 Å². The highest BCUT2D eigenvalue weighted by molar-refractivity contribution is 5.81. The first-order chi connectivity index (χ1) is 10.6. The fourth-order valence-electron chi connectivity index (χ4n) is 1.64. The van der Waals surface area contributed by atoms with Crippen molar-refractivity contribution in [2.75, 3.05) is 17.6 Å². The van der Waals surface area contributed by atoms with Crippen molar-refractivity contribution in [3.63, 3.8) is 0 Å². The molecule has 1 aromatic carbocycles. The summed E-state index contributed by atoms with van der Waals surface area (Å²) in [7, 11) is 0. The first-order valence-electron chi connectivity index (χ1n) is 6.88. The number of anilines is 2. The maximum atomic E-state index is 11.7. The molecule has 8 nitrogen and oxygen atoms in total. The molecule has 0 saturated heterocycles. The third kappa shape index (κ3) is 6.13. The number of hydrogen-bond donors (Lipinski definition) is 4. The maximum Gasteiger partial charge on any atom is 0.408 e. The normalized spacial score (nSPS) is 11.9. The monoisotopic (exact) mass is 320 g/mol. The van der Waals surface area contributed by atoms with Gasteiger partial charge in [-0.05, 0) is 39.0 Å². The second-order valence-electron chi connectivity index (χ2n) is 5.83. The van der Waals surface area contributed by atoms with Crippen LogP contribution in [-0.4, -0.2) is 35.4 Å². The van der Waals surface area contributed by atoms with Gasteiger partial charge in [-0.25, -0.2) is 9.59 Å². The highest BCUT2D eigenvalue weighted by Gasteiger charge is 2.24. The van der Waals surface area contributed by atoms with Crippen LogP contribution in [0.5, 0.6) is 0 Å². The van der Waals surface area contributed by atoms with Crippen LogP contribution in [-0.2, 0) is 9.53 Å².